The number of rotatable bonds is 9. The number of nitrogens with zero attached hydrogens (tertiary/aromatic N) is 2. The Bertz CT molecular complexity index is 1120. The number of nitrogens with one attached hydrogen (secondary N) is 1. The summed E-state index contributed by atoms with van der Waals surface area (Å²) in [6.07, 6.45) is 0.639. The Morgan fingerprint density at radius 2 is 1.87 bits per heavy atom. The van der Waals surface area contributed by atoms with E-state index in [-0.39, 0.29) is 5.91 Å². The lowest BCUT2D eigenvalue weighted by atomic mass is 10.3. The van der Waals surface area contributed by atoms with Crippen molar-refractivity contribution in [2.75, 3.05) is 20.3 Å². The summed E-state index contributed by atoms with van der Waals surface area (Å²) in [7, 11) is 1.63. The minimum absolute atomic E-state index is 0.0489. The first-order valence-corrected chi connectivity index (χ1v) is 10.7. The van der Waals surface area contributed by atoms with E-state index in [0.29, 0.717) is 42.5 Å². The van der Waals surface area contributed by atoms with E-state index >= 15 is 0 Å². The lowest BCUT2D eigenvalue weighted by Gasteiger charge is -2.13. The highest BCUT2D eigenvalue weighted by Crippen LogP contribution is 2.26. The molecule has 0 aliphatic carbocycles. The van der Waals surface area contributed by atoms with Crippen molar-refractivity contribution < 1.29 is 14.3 Å². The quantitative estimate of drug-likeness (QED) is 0.441. The number of amides is 1. The molecule has 1 N–H and O–H groups in total. The first-order valence-electron chi connectivity index (χ1n) is 9.78. The highest BCUT2D eigenvalue weighted by Gasteiger charge is 2.12. The zero-order valence-corrected chi connectivity index (χ0v) is 17.5. The summed E-state index contributed by atoms with van der Waals surface area (Å²) >= 11 is 1.44. The van der Waals surface area contributed by atoms with Gasteiger partial charge in [-0.2, -0.15) is 0 Å². The Morgan fingerprint density at radius 3 is 2.67 bits per heavy atom. The molecule has 0 saturated heterocycles. The predicted molar refractivity (Wildman–Crippen MR) is 119 cm³/mol. The number of hydrogen-bond acceptors (Lipinski definition) is 5. The van der Waals surface area contributed by atoms with Crippen LogP contribution in [0.15, 0.2) is 66.0 Å². The van der Waals surface area contributed by atoms with Gasteiger partial charge in [-0.3, -0.25) is 4.79 Å². The Hall–Kier alpha value is -3.32. The molecule has 6 nitrogen and oxygen atoms in total. The van der Waals surface area contributed by atoms with E-state index in [1.54, 1.807) is 7.11 Å². The summed E-state index contributed by atoms with van der Waals surface area (Å²) in [6.45, 7) is 1.65. The number of thiophene rings is 1. The first-order chi connectivity index (χ1) is 14.8. The van der Waals surface area contributed by atoms with Crippen LogP contribution < -0.4 is 14.8 Å². The van der Waals surface area contributed by atoms with Gasteiger partial charge in [0.25, 0.3) is 5.91 Å². The second-order valence-electron chi connectivity index (χ2n) is 6.65. The Morgan fingerprint density at radius 1 is 1.07 bits per heavy atom. The number of imidazole rings is 1. The number of aromatic nitrogens is 2. The van der Waals surface area contributed by atoms with E-state index < -0.39 is 0 Å². The van der Waals surface area contributed by atoms with Crippen LogP contribution in [0, 0.1) is 0 Å². The van der Waals surface area contributed by atoms with Crippen LogP contribution in [0.25, 0.3) is 11.0 Å². The highest BCUT2D eigenvalue weighted by molar-refractivity contribution is 7.12. The summed E-state index contributed by atoms with van der Waals surface area (Å²) < 4.78 is 13.5. The van der Waals surface area contributed by atoms with E-state index in [4.69, 9.17) is 14.5 Å². The van der Waals surface area contributed by atoms with Gasteiger partial charge in [-0.1, -0.05) is 30.3 Å². The fraction of sp³-hybridized carbons (Fsp3) is 0.217. The van der Waals surface area contributed by atoms with Crippen molar-refractivity contribution in [3.63, 3.8) is 0 Å². The topological polar surface area (TPSA) is 65.4 Å². The smallest absolute Gasteiger partial charge is 0.261 e. The van der Waals surface area contributed by atoms with Gasteiger partial charge in [-0.05, 0) is 35.7 Å². The molecule has 2 heterocycles. The maximum absolute atomic E-state index is 12.2. The summed E-state index contributed by atoms with van der Waals surface area (Å²) in [5.41, 5.74) is 2.00. The van der Waals surface area contributed by atoms with Crippen LogP contribution in [0.1, 0.15) is 15.5 Å². The molecule has 0 unspecified atom stereocenters. The number of methoxy groups -OCH3 is 1. The number of carbonyl (C=O) groups excluding carboxylic acids is 1. The van der Waals surface area contributed by atoms with Gasteiger partial charge in [0.15, 0.2) is 11.5 Å². The molecular formula is C23H23N3O3S. The molecule has 2 aromatic heterocycles. The van der Waals surface area contributed by atoms with Gasteiger partial charge in [-0.15, -0.1) is 11.3 Å². The first kappa shape index (κ1) is 20.0. The van der Waals surface area contributed by atoms with Crippen LogP contribution in [0.2, 0.25) is 0 Å². The standard InChI is InChI=1S/C23H23N3O3S/c1-28-19-9-4-5-10-20(19)29-15-14-26-18-8-3-2-7-17(18)25-22(26)12-13-24-23(27)21-11-6-16-30-21/h2-11,16H,12-15H2,1H3,(H,24,27). The van der Waals surface area contributed by atoms with E-state index in [9.17, 15) is 4.79 Å². The second kappa shape index (κ2) is 9.45. The van der Waals surface area contributed by atoms with Crippen LogP contribution in [-0.2, 0) is 13.0 Å². The van der Waals surface area contributed by atoms with E-state index in [1.165, 1.54) is 11.3 Å². The molecule has 4 rings (SSSR count). The van der Waals surface area contributed by atoms with Gasteiger partial charge in [0.1, 0.15) is 12.4 Å². The summed E-state index contributed by atoms with van der Waals surface area (Å²) in [5, 5.41) is 4.87. The minimum Gasteiger partial charge on any atom is -0.493 e. The van der Waals surface area contributed by atoms with Crippen molar-refractivity contribution in [2.45, 2.75) is 13.0 Å². The molecule has 0 fully saturated rings. The molecule has 1 amide bonds. The fourth-order valence-electron chi connectivity index (χ4n) is 3.33. The van der Waals surface area contributed by atoms with Crippen LogP contribution in [0.3, 0.4) is 0 Å². The highest BCUT2D eigenvalue weighted by atomic mass is 32.1. The largest absolute Gasteiger partial charge is 0.493 e. The molecule has 0 aliphatic rings. The fourth-order valence-corrected chi connectivity index (χ4v) is 3.97. The third-order valence-electron chi connectivity index (χ3n) is 4.75. The maximum atomic E-state index is 12.2. The zero-order valence-electron chi connectivity index (χ0n) is 16.7. The van der Waals surface area contributed by atoms with Crippen molar-refractivity contribution in [3.05, 3.63) is 76.7 Å². The average Bonchev–Trinajstić information content (AvgIpc) is 3.43. The van der Waals surface area contributed by atoms with Crippen molar-refractivity contribution >= 4 is 28.3 Å². The van der Waals surface area contributed by atoms with Crippen molar-refractivity contribution in [1.29, 1.82) is 0 Å². The molecule has 0 radical (unpaired) electrons. The Balaban J connectivity index is 1.44. The van der Waals surface area contributed by atoms with Crippen LogP contribution >= 0.6 is 11.3 Å². The van der Waals surface area contributed by atoms with E-state index in [2.05, 4.69) is 16.0 Å². The number of benzene rings is 2. The molecule has 0 spiro atoms. The zero-order chi connectivity index (χ0) is 20.8. The van der Waals surface area contributed by atoms with Crippen molar-refractivity contribution in [2.24, 2.45) is 0 Å². The minimum atomic E-state index is -0.0489. The normalized spacial score (nSPS) is 10.8. The lowest BCUT2D eigenvalue weighted by molar-refractivity contribution is 0.0958. The summed E-state index contributed by atoms with van der Waals surface area (Å²) in [5.74, 6) is 2.30. The van der Waals surface area contributed by atoms with Crippen LogP contribution in [0.5, 0.6) is 11.5 Å². The molecule has 30 heavy (non-hydrogen) atoms. The van der Waals surface area contributed by atoms with Crippen molar-refractivity contribution in [1.82, 2.24) is 14.9 Å². The van der Waals surface area contributed by atoms with Gasteiger partial charge < -0.3 is 19.4 Å². The molecule has 0 atom stereocenters. The summed E-state index contributed by atoms with van der Waals surface area (Å²) in [4.78, 5) is 17.7. The molecule has 4 aromatic rings. The monoisotopic (exact) mass is 421 g/mol. The maximum Gasteiger partial charge on any atom is 0.261 e. The van der Waals surface area contributed by atoms with Gasteiger partial charge in [0, 0.05) is 13.0 Å². The third kappa shape index (κ3) is 4.46. The Kier molecular flexibility index (Phi) is 6.29. The van der Waals surface area contributed by atoms with Gasteiger partial charge >= 0.3 is 0 Å². The van der Waals surface area contributed by atoms with Crippen LogP contribution in [0.4, 0.5) is 0 Å². The Labute approximate surface area is 179 Å². The van der Waals surface area contributed by atoms with Gasteiger partial charge in [0.05, 0.1) is 29.6 Å². The predicted octanol–water partition coefficient (Wildman–Crippen LogP) is 4.16. The molecule has 2 aromatic carbocycles. The number of hydrogen-bond donors (Lipinski definition) is 1. The molecule has 0 bridgehead atoms. The van der Waals surface area contributed by atoms with E-state index in [1.807, 2.05) is 60.0 Å². The van der Waals surface area contributed by atoms with Gasteiger partial charge in [-0.25, -0.2) is 4.98 Å². The number of ether oxygens (including phenoxy) is 2. The molecule has 0 saturated carbocycles. The summed E-state index contributed by atoms with van der Waals surface area (Å²) in [6, 6.07) is 19.3. The second-order valence-corrected chi connectivity index (χ2v) is 7.60. The number of fused-ring (bicyclic) bond motifs is 1. The van der Waals surface area contributed by atoms with E-state index in [0.717, 1.165) is 16.9 Å². The van der Waals surface area contributed by atoms with Gasteiger partial charge in [0.2, 0.25) is 0 Å². The molecule has 7 heteroatoms. The molecule has 0 aliphatic heterocycles. The average molecular weight is 422 g/mol. The lowest BCUT2D eigenvalue weighted by Crippen LogP contribution is -2.26. The number of para-hydroxylation sites is 4. The molecular weight excluding hydrogens is 398 g/mol. The molecule has 154 valence electrons. The van der Waals surface area contributed by atoms with Crippen molar-refractivity contribution in [3.8, 4) is 11.5 Å². The SMILES string of the molecule is COc1ccccc1OCCn1c(CCNC(=O)c2cccs2)nc2ccccc21. The number of carbonyl (C=O) groups is 1. The van der Waals surface area contributed by atoms with Crippen LogP contribution in [-0.4, -0.2) is 35.7 Å². The third-order valence-corrected chi connectivity index (χ3v) is 5.62.